The number of fused-ring (bicyclic) bond motifs is 1. The summed E-state index contributed by atoms with van der Waals surface area (Å²) >= 11 is 0. The Morgan fingerprint density at radius 1 is 1.32 bits per heavy atom. The van der Waals surface area contributed by atoms with E-state index in [-0.39, 0.29) is 18.1 Å². The van der Waals surface area contributed by atoms with Crippen molar-refractivity contribution < 1.29 is 9.90 Å². The van der Waals surface area contributed by atoms with E-state index in [9.17, 15) is 9.90 Å². The Morgan fingerprint density at radius 3 is 2.81 bits per heavy atom. The Kier molecular flexibility index (Phi) is 5.67. The van der Waals surface area contributed by atoms with Gasteiger partial charge < -0.3 is 25.5 Å². The lowest BCUT2D eigenvalue weighted by Crippen LogP contribution is -2.44. The molecular formula is C20H25N9O2. The van der Waals surface area contributed by atoms with Crippen LogP contribution < -0.4 is 21.4 Å². The maximum atomic E-state index is 12.6. The SMILES string of the molecule is CNc1cc(Nc2cc(CO)c3nccn3c2)nn(C(=N)C(=O)NC2CCCC2)c1=N. The number of aromatic nitrogens is 4. The molecule has 11 nitrogen and oxygen atoms in total. The van der Waals surface area contributed by atoms with E-state index in [0.717, 1.165) is 30.4 Å². The van der Waals surface area contributed by atoms with Gasteiger partial charge in [-0.25, -0.2) is 4.98 Å². The molecule has 0 radical (unpaired) electrons. The zero-order valence-corrected chi connectivity index (χ0v) is 17.1. The first kappa shape index (κ1) is 20.5. The Hall–Kier alpha value is -3.73. The molecular weight excluding hydrogens is 398 g/mol. The van der Waals surface area contributed by atoms with Crippen molar-refractivity contribution in [3.63, 3.8) is 0 Å². The molecule has 0 unspecified atom stereocenters. The van der Waals surface area contributed by atoms with E-state index < -0.39 is 11.7 Å². The summed E-state index contributed by atoms with van der Waals surface area (Å²) in [6, 6.07) is 3.43. The van der Waals surface area contributed by atoms with Crippen LogP contribution in [0.3, 0.4) is 0 Å². The molecule has 1 aliphatic carbocycles. The number of aliphatic hydroxyl groups excluding tert-OH is 1. The van der Waals surface area contributed by atoms with Crippen molar-refractivity contribution in [2.24, 2.45) is 0 Å². The lowest BCUT2D eigenvalue weighted by Gasteiger charge is -2.16. The molecule has 3 aromatic rings. The predicted molar refractivity (Wildman–Crippen MR) is 116 cm³/mol. The van der Waals surface area contributed by atoms with Gasteiger partial charge in [0.25, 0.3) is 5.91 Å². The summed E-state index contributed by atoms with van der Waals surface area (Å²) in [5.41, 5.74) is 2.23. The maximum absolute atomic E-state index is 12.6. The molecule has 1 amide bonds. The molecule has 31 heavy (non-hydrogen) atoms. The first-order chi connectivity index (χ1) is 15.0. The molecule has 1 fully saturated rings. The highest BCUT2D eigenvalue weighted by Crippen LogP contribution is 2.20. The third-order valence-corrected chi connectivity index (χ3v) is 5.35. The summed E-state index contributed by atoms with van der Waals surface area (Å²) in [4.78, 5) is 16.8. The van der Waals surface area contributed by atoms with Crippen molar-refractivity contribution in [3.8, 4) is 0 Å². The Labute approximate surface area is 178 Å². The summed E-state index contributed by atoms with van der Waals surface area (Å²) < 4.78 is 2.78. The number of rotatable bonds is 5. The van der Waals surface area contributed by atoms with Crippen molar-refractivity contribution in [2.45, 2.75) is 38.3 Å². The molecule has 3 heterocycles. The van der Waals surface area contributed by atoms with Crippen molar-refractivity contribution in [3.05, 3.63) is 41.8 Å². The van der Waals surface area contributed by atoms with Gasteiger partial charge in [-0.05, 0) is 18.9 Å². The summed E-state index contributed by atoms with van der Waals surface area (Å²) in [6.45, 7) is -0.178. The van der Waals surface area contributed by atoms with E-state index in [1.165, 1.54) is 0 Å². The molecule has 11 heteroatoms. The molecule has 0 bridgehead atoms. The number of carbonyl (C=O) groups is 1. The van der Waals surface area contributed by atoms with Crippen LogP contribution in [0.15, 0.2) is 30.7 Å². The largest absolute Gasteiger partial charge is 0.392 e. The first-order valence-corrected chi connectivity index (χ1v) is 10.1. The molecule has 0 aromatic carbocycles. The van der Waals surface area contributed by atoms with E-state index in [2.05, 4.69) is 26.0 Å². The Bertz CT molecular complexity index is 1190. The molecule has 0 aliphatic heterocycles. The van der Waals surface area contributed by atoms with Crippen molar-refractivity contribution in [2.75, 3.05) is 17.7 Å². The normalized spacial score (nSPS) is 14.0. The van der Waals surface area contributed by atoms with Gasteiger partial charge in [0.1, 0.15) is 5.65 Å². The number of nitrogens with one attached hydrogen (secondary N) is 5. The Morgan fingerprint density at radius 2 is 2.10 bits per heavy atom. The van der Waals surface area contributed by atoms with Gasteiger partial charge in [-0.3, -0.25) is 15.6 Å². The van der Waals surface area contributed by atoms with Crippen LogP contribution in [0.2, 0.25) is 0 Å². The van der Waals surface area contributed by atoms with Crippen molar-refractivity contribution in [1.82, 2.24) is 24.5 Å². The minimum absolute atomic E-state index is 0.0616. The lowest BCUT2D eigenvalue weighted by atomic mass is 10.2. The average Bonchev–Trinajstić information content (AvgIpc) is 3.45. The molecule has 0 spiro atoms. The molecule has 4 rings (SSSR count). The highest BCUT2D eigenvalue weighted by molar-refractivity contribution is 6.37. The summed E-state index contributed by atoms with van der Waals surface area (Å²) in [5.74, 6) is -0.639. The smallest absolute Gasteiger partial charge is 0.288 e. The van der Waals surface area contributed by atoms with Crippen LogP contribution in [0.4, 0.5) is 17.2 Å². The van der Waals surface area contributed by atoms with Crippen LogP contribution in [0.25, 0.3) is 5.65 Å². The molecule has 6 N–H and O–H groups in total. The van der Waals surface area contributed by atoms with Crippen LogP contribution >= 0.6 is 0 Å². The van der Waals surface area contributed by atoms with E-state index >= 15 is 0 Å². The highest BCUT2D eigenvalue weighted by atomic mass is 16.3. The van der Waals surface area contributed by atoms with Gasteiger partial charge >= 0.3 is 0 Å². The maximum Gasteiger partial charge on any atom is 0.288 e. The third kappa shape index (κ3) is 4.12. The number of hydrogen-bond donors (Lipinski definition) is 6. The number of anilines is 3. The van der Waals surface area contributed by atoms with Gasteiger partial charge in [0.15, 0.2) is 11.3 Å². The van der Waals surface area contributed by atoms with E-state index in [1.54, 1.807) is 42.2 Å². The minimum atomic E-state index is -0.556. The van der Waals surface area contributed by atoms with Gasteiger partial charge in [0.05, 0.1) is 18.0 Å². The molecule has 162 valence electrons. The first-order valence-electron chi connectivity index (χ1n) is 10.1. The topological polar surface area (TPSA) is 156 Å². The monoisotopic (exact) mass is 423 g/mol. The minimum Gasteiger partial charge on any atom is -0.392 e. The van der Waals surface area contributed by atoms with Crippen LogP contribution in [-0.2, 0) is 11.4 Å². The fourth-order valence-electron chi connectivity index (χ4n) is 3.78. The number of aliphatic hydroxyl groups is 1. The molecule has 1 saturated carbocycles. The van der Waals surface area contributed by atoms with E-state index in [4.69, 9.17) is 10.8 Å². The van der Waals surface area contributed by atoms with Crippen molar-refractivity contribution in [1.29, 1.82) is 10.8 Å². The fourth-order valence-corrected chi connectivity index (χ4v) is 3.78. The summed E-state index contributed by atoms with van der Waals surface area (Å²) in [6.07, 6.45) is 9.13. The fraction of sp³-hybridized carbons (Fsp3) is 0.350. The average molecular weight is 423 g/mol. The van der Waals surface area contributed by atoms with Gasteiger partial charge in [-0.2, -0.15) is 4.68 Å². The van der Waals surface area contributed by atoms with Gasteiger partial charge in [-0.1, -0.05) is 12.8 Å². The highest BCUT2D eigenvalue weighted by Gasteiger charge is 2.22. The summed E-state index contributed by atoms with van der Waals surface area (Å²) in [7, 11) is 1.66. The Balaban J connectivity index is 1.65. The van der Waals surface area contributed by atoms with E-state index in [1.807, 2.05) is 0 Å². The predicted octanol–water partition coefficient (Wildman–Crippen LogP) is 1.17. The van der Waals surface area contributed by atoms with Crippen molar-refractivity contribution >= 4 is 34.6 Å². The van der Waals surface area contributed by atoms with Crippen LogP contribution in [-0.4, -0.2) is 49.1 Å². The molecule has 0 saturated heterocycles. The van der Waals surface area contributed by atoms with Crippen LogP contribution in [0, 0.1) is 10.8 Å². The van der Waals surface area contributed by atoms with Gasteiger partial charge in [0, 0.05) is 43.3 Å². The third-order valence-electron chi connectivity index (χ3n) is 5.35. The number of amides is 1. The zero-order chi connectivity index (χ0) is 22.0. The molecule has 1 aliphatic rings. The summed E-state index contributed by atoms with van der Waals surface area (Å²) in [5, 5.41) is 39.5. The van der Waals surface area contributed by atoms with Crippen LogP contribution in [0.5, 0.6) is 0 Å². The molecule has 0 atom stereocenters. The number of carbonyl (C=O) groups excluding carboxylic acids is 1. The quantitative estimate of drug-likeness (QED) is 0.267. The van der Waals surface area contributed by atoms with E-state index in [0.29, 0.717) is 28.4 Å². The second kappa shape index (κ2) is 8.56. The van der Waals surface area contributed by atoms with Crippen LogP contribution in [0.1, 0.15) is 31.2 Å². The second-order valence-corrected chi connectivity index (χ2v) is 7.45. The lowest BCUT2D eigenvalue weighted by molar-refractivity contribution is -0.115. The molecule has 3 aromatic heterocycles. The standard InChI is InChI=1S/C20H25N9O2/c1-23-15-9-16(25-14-8-12(11-30)19-24-6-7-28(19)10-14)27-29(17(15)21)18(22)20(31)26-13-4-2-3-5-13/h6-10,13,21-23,30H,2-5,11H2,1H3,(H,25,27)(H,26,31). The number of pyridine rings is 1. The zero-order valence-electron chi connectivity index (χ0n) is 17.1. The van der Waals surface area contributed by atoms with Gasteiger partial charge in [-0.15, -0.1) is 5.10 Å². The number of nitrogens with zero attached hydrogens (tertiary/aromatic N) is 4. The number of imidazole rings is 1. The van der Waals surface area contributed by atoms with Gasteiger partial charge in [0.2, 0.25) is 5.84 Å². The number of hydrogen-bond acceptors (Lipinski definition) is 8. The second-order valence-electron chi connectivity index (χ2n) is 7.45.